The molecule has 0 aromatic heterocycles. The highest BCUT2D eigenvalue weighted by atomic mass is 35.5. The van der Waals surface area contributed by atoms with Crippen LogP contribution in [0.3, 0.4) is 0 Å². The maximum atomic E-state index is 11.1. The van der Waals surface area contributed by atoms with E-state index >= 15 is 0 Å². The molecule has 1 rings (SSSR count). The molecule has 5 heteroatoms. The smallest absolute Gasteiger partial charge is 0.332 e. The van der Waals surface area contributed by atoms with Crippen molar-refractivity contribution in [3.8, 4) is 0 Å². The van der Waals surface area contributed by atoms with Gasteiger partial charge in [0.1, 0.15) is 0 Å². The van der Waals surface area contributed by atoms with Crippen molar-refractivity contribution in [1.82, 2.24) is 0 Å². The zero-order valence-electron chi connectivity index (χ0n) is 9.68. The van der Waals surface area contributed by atoms with E-state index in [1.54, 1.807) is 38.1 Å². The monoisotopic (exact) mass is 252 g/mol. The minimum atomic E-state index is -0.417. The van der Waals surface area contributed by atoms with Gasteiger partial charge in [-0.15, -0.1) is 0 Å². The number of hydrogen-bond acceptors (Lipinski definition) is 4. The summed E-state index contributed by atoms with van der Waals surface area (Å²) in [6.07, 6.45) is 1.29. The molecule has 0 radical (unpaired) electrons. The Balaban J connectivity index is 2.64. The predicted octanol–water partition coefficient (Wildman–Crippen LogP) is 3.89. The van der Waals surface area contributed by atoms with Gasteiger partial charge < -0.3 is 4.74 Å². The van der Waals surface area contributed by atoms with Crippen molar-refractivity contribution in [2.75, 3.05) is 6.61 Å². The fourth-order valence-electron chi connectivity index (χ4n) is 1.03. The molecule has 0 amide bonds. The van der Waals surface area contributed by atoms with Gasteiger partial charge in [-0.05, 0) is 38.1 Å². The summed E-state index contributed by atoms with van der Waals surface area (Å²) < 4.78 is 4.75. The second-order valence-corrected chi connectivity index (χ2v) is 3.65. The van der Waals surface area contributed by atoms with E-state index in [4.69, 9.17) is 16.3 Å². The van der Waals surface area contributed by atoms with Gasteiger partial charge in [0, 0.05) is 11.1 Å². The molecule has 0 saturated carbocycles. The lowest BCUT2D eigenvalue weighted by Crippen LogP contribution is -1.99. The summed E-state index contributed by atoms with van der Waals surface area (Å²) in [5, 5.41) is 8.48. The van der Waals surface area contributed by atoms with Gasteiger partial charge in [0.2, 0.25) is 0 Å². The SMILES string of the molecule is CCOC(=O)/C=C(\C)N=Nc1ccc(Cl)cc1. The first-order chi connectivity index (χ1) is 8.11. The Kier molecular flexibility index (Phi) is 5.36. The number of ether oxygens (including phenoxy) is 1. The topological polar surface area (TPSA) is 51.0 Å². The fourth-order valence-corrected chi connectivity index (χ4v) is 1.15. The third-order valence-corrected chi connectivity index (χ3v) is 2.02. The van der Waals surface area contributed by atoms with E-state index in [1.165, 1.54) is 6.08 Å². The van der Waals surface area contributed by atoms with Crippen molar-refractivity contribution in [1.29, 1.82) is 0 Å². The maximum absolute atomic E-state index is 11.1. The molecule has 0 spiro atoms. The normalized spacial score (nSPS) is 11.8. The van der Waals surface area contributed by atoms with Gasteiger partial charge in [0.05, 0.1) is 18.0 Å². The van der Waals surface area contributed by atoms with E-state index in [-0.39, 0.29) is 0 Å². The van der Waals surface area contributed by atoms with Crippen LogP contribution in [0.4, 0.5) is 5.69 Å². The third-order valence-electron chi connectivity index (χ3n) is 1.76. The van der Waals surface area contributed by atoms with Gasteiger partial charge in [0.25, 0.3) is 0 Å². The summed E-state index contributed by atoms with van der Waals surface area (Å²) in [5.74, 6) is -0.417. The molecule has 0 aliphatic heterocycles. The van der Waals surface area contributed by atoms with Crippen molar-refractivity contribution in [2.24, 2.45) is 10.2 Å². The fraction of sp³-hybridized carbons (Fsp3) is 0.250. The largest absolute Gasteiger partial charge is 0.463 e. The van der Waals surface area contributed by atoms with Crippen LogP contribution in [0.25, 0.3) is 0 Å². The van der Waals surface area contributed by atoms with Gasteiger partial charge in [-0.2, -0.15) is 10.2 Å². The molecule has 1 aromatic carbocycles. The molecule has 1 aromatic rings. The van der Waals surface area contributed by atoms with Crippen molar-refractivity contribution in [3.05, 3.63) is 41.1 Å². The molecule has 0 N–H and O–H groups in total. The van der Waals surface area contributed by atoms with Crippen molar-refractivity contribution in [2.45, 2.75) is 13.8 Å². The van der Waals surface area contributed by atoms with E-state index in [9.17, 15) is 4.79 Å². The summed E-state index contributed by atoms with van der Waals surface area (Å²) in [7, 11) is 0. The van der Waals surface area contributed by atoms with Crippen LogP contribution in [-0.4, -0.2) is 12.6 Å². The van der Waals surface area contributed by atoms with Gasteiger partial charge in [0.15, 0.2) is 0 Å². The molecule has 0 saturated heterocycles. The molecular formula is C12H13ClN2O2. The van der Waals surface area contributed by atoms with E-state index in [0.717, 1.165) is 0 Å². The maximum Gasteiger partial charge on any atom is 0.332 e. The van der Waals surface area contributed by atoms with Crippen LogP contribution in [-0.2, 0) is 9.53 Å². The summed E-state index contributed by atoms with van der Waals surface area (Å²) in [6, 6.07) is 6.92. The summed E-state index contributed by atoms with van der Waals surface area (Å²) >= 11 is 5.73. The zero-order chi connectivity index (χ0) is 12.7. The number of carbonyl (C=O) groups excluding carboxylic acids is 1. The van der Waals surface area contributed by atoms with E-state index < -0.39 is 5.97 Å². The number of allylic oxidation sites excluding steroid dienone is 1. The van der Waals surface area contributed by atoms with Crippen molar-refractivity contribution in [3.63, 3.8) is 0 Å². The van der Waals surface area contributed by atoms with E-state index in [0.29, 0.717) is 23.0 Å². The highest BCUT2D eigenvalue weighted by molar-refractivity contribution is 6.30. The quantitative estimate of drug-likeness (QED) is 0.464. The molecule has 4 nitrogen and oxygen atoms in total. The summed E-state index contributed by atoms with van der Waals surface area (Å²) in [6.45, 7) is 3.77. The molecule has 0 aliphatic rings. The Labute approximate surface area is 105 Å². The first kappa shape index (κ1) is 13.4. The average molecular weight is 253 g/mol. The van der Waals surface area contributed by atoms with Gasteiger partial charge in [-0.3, -0.25) is 0 Å². The first-order valence-corrected chi connectivity index (χ1v) is 5.52. The molecule has 0 aliphatic carbocycles. The lowest BCUT2D eigenvalue weighted by molar-refractivity contribution is -0.137. The number of hydrogen-bond donors (Lipinski definition) is 0. The van der Waals surface area contributed by atoms with Crippen LogP contribution >= 0.6 is 11.6 Å². The Morgan fingerprint density at radius 2 is 2.06 bits per heavy atom. The number of carbonyl (C=O) groups is 1. The third kappa shape index (κ3) is 5.26. The van der Waals surface area contributed by atoms with Crippen molar-refractivity contribution < 1.29 is 9.53 Å². The van der Waals surface area contributed by atoms with Crippen LogP contribution < -0.4 is 0 Å². The Bertz CT molecular complexity index is 438. The molecule has 90 valence electrons. The molecule has 0 heterocycles. The predicted molar refractivity (Wildman–Crippen MR) is 66.4 cm³/mol. The minimum absolute atomic E-state index is 0.344. The number of halogens is 1. The van der Waals surface area contributed by atoms with Gasteiger partial charge >= 0.3 is 5.97 Å². The van der Waals surface area contributed by atoms with Gasteiger partial charge in [-0.1, -0.05) is 11.6 Å². The van der Waals surface area contributed by atoms with Crippen molar-refractivity contribution >= 4 is 23.3 Å². The Hall–Kier alpha value is -1.68. The highest BCUT2D eigenvalue weighted by Gasteiger charge is 1.96. The zero-order valence-corrected chi connectivity index (χ0v) is 10.4. The highest BCUT2D eigenvalue weighted by Crippen LogP contribution is 2.17. The lowest BCUT2D eigenvalue weighted by atomic mass is 10.3. The van der Waals surface area contributed by atoms with Crippen LogP contribution in [0.1, 0.15) is 13.8 Å². The van der Waals surface area contributed by atoms with Crippen LogP contribution in [0.15, 0.2) is 46.3 Å². The van der Waals surface area contributed by atoms with Crippen LogP contribution in [0.2, 0.25) is 5.02 Å². The summed E-state index contributed by atoms with van der Waals surface area (Å²) in [5.41, 5.74) is 1.16. The molecule has 17 heavy (non-hydrogen) atoms. The average Bonchev–Trinajstić information content (AvgIpc) is 2.28. The van der Waals surface area contributed by atoms with Crippen LogP contribution in [0.5, 0.6) is 0 Å². The Morgan fingerprint density at radius 1 is 1.41 bits per heavy atom. The van der Waals surface area contributed by atoms with E-state index in [2.05, 4.69) is 10.2 Å². The number of nitrogens with zero attached hydrogens (tertiary/aromatic N) is 2. The second kappa shape index (κ2) is 6.81. The minimum Gasteiger partial charge on any atom is -0.463 e. The number of benzene rings is 1. The molecule has 0 fully saturated rings. The second-order valence-electron chi connectivity index (χ2n) is 3.21. The van der Waals surface area contributed by atoms with Gasteiger partial charge in [-0.25, -0.2) is 4.79 Å². The molecular weight excluding hydrogens is 240 g/mol. The standard InChI is InChI=1S/C12H13ClN2O2/c1-3-17-12(16)8-9(2)14-15-11-6-4-10(13)5-7-11/h4-8H,3H2,1-2H3/b9-8+,15-14?. The van der Waals surface area contributed by atoms with Crippen LogP contribution in [0, 0.1) is 0 Å². The summed E-state index contributed by atoms with van der Waals surface area (Å²) in [4.78, 5) is 11.1. The molecule has 0 bridgehead atoms. The lowest BCUT2D eigenvalue weighted by Gasteiger charge is -1.96. The van der Waals surface area contributed by atoms with E-state index in [1.807, 2.05) is 0 Å². The first-order valence-electron chi connectivity index (χ1n) is 5.14. The Morgan fingerprint density at radius 3 is 2.65 bits per heavy atom. The number of esters is 1. The molecule has 0 unspecified atom stereocenters. The number of rotatable bonds is 4. The number of azo groups is 1. The molecule has 0 atom stereocenters.